The molecule has 10 rings (SSSR count). The molecule has 46 heavy (non-hydrogen) atoms. The minimum atomic E-state index is 0.125. The molecule has 0 unspecified atom stereocenters. The van der Waals surface area contributed by atoms with Crippen LogP contribution in [0.1, 0.15) is 36.8 Å². The van der Waals surface area contributed by atoms with Gasteiger partial charge in [0.05, 0.1) is 22.9 Å². The summed E-state index contributed by atoms with van der Waals surface area (Å²) in [5.41, 5.74) is 13.7. The first kappa shape index (κ1) is 26.0. The van der Waals surface area contributed by atoms with Crippen molar-refractivity contribution in [2.75, 3.05) is 4.90 Å². The Morgan fingerprint density at radius 3 is 2.17 bits per heavy atom. The smallest absolute Gasteiger partial charge is 0.0966 e. The van der Waals surface area contributed by atoms with Crippen LogP contribution in [0, 0.1) is 11.8 Å². The van der Waals surface area contributed by atoms with E-state index in [0.717, 1.165) is 45.0 Å². The van der Waals surface area contributed by atoms with Gasteiger partial charge in [0.15, 0.2) is 0 Å². The van der Waals surface area contributed by atoms with Gasteiger partial charge in [-0.15, -0.1) is 0 Å². The minimum absolute atomic E-state index is 0.125. The Balaban J connectivity index is 1.16. The summed E-state index contributed by atoms with van der Waals surface area (Å²) in [6.45, 7) is 0. The second-order valence-corrected chi connectivity index (χ2v) is 13.5. The van der Waals surface area contributed by atoms with E-state index in [1.807, 2.05) is 18.5 Å². The maximum Gasteiger partial charge on any atom is 0.0966 e. The highest BCUT2D eigenvalue weighted by Crippen LogP contribution is 2.66. The number of anilines is 3. The summed E-state index contributed by atoms with van der Waals surface area (Å²) in [7, 11) is 0. The predicted octanol–water partition coefficient (Wildman–Crippen LogP) is 11.0. The lowest BCUT2D eigenvalue weighted by molar-refractivity contribution is 0.327. The SMILES string of the molecule is c1ccc(-c2ccc(N(c3ccc4c(c3)[C@@]3(C[C@H]5CC[C@@H]3C5)c3ccccc3-4)c3cnc4c(ccc5cccnc54)c3)cc2)cc1. The largest absolute Gasteiger partial charge is 0.309 e. The predicted molar refractivity (Wildman–Crippen MR) is 189 cm³/mol. The van der Waals surface area contributed by atoms with Crippen LogP contribution in [0.3, 0.4) is 0 Å². The topological polar surface area (TPSA) is 29.0 Å². The molecule has 3 heteroatoms. The summed E-state index contributed by atoms with van der Waals surface area (Å²) < 4.78 is 0. The molecular formula is C43H33N3. The van der Waals surface area contributed by atoms with Crippen LogP contribution in [-0.2, 0) is 5.41 Å². The highest BCUT2D eigenvalue weighted by molar-refractivity contribution is 6.03. The van der Waals surface area contributed by atoms with Gasteiger partial charge < -0.3 is 4.90 Å². The van der Waals surface area contributed by atoms with Crippen LogP contribution in [0.15, 0.2) is 140 Å². The van der Waals surface area contributed by atoms with Gasteiger partial charge in [-0.05, 0) is 101 Å². The Morgan fingerprint density at radius 2 is 1.33 bits per heavy atom. The molecular weight excluding hydrogens is 558 g/mol. The Bertz CT molecular complexity index is 2290. The van der Waals surface area contributed by atoms with E-state index in [0.29, 0.717) is 0 Å². The van der Waals surface area contributed by atoms with E-state index in [1.54, 1.807) is 5.56 Å². The number of pyridine rings is 2. The summed E-state index contributed by atoms with van der Waals surface area (Å²) in [5, 5.41) is 2.20. The zero-order chi connectivity index (χ0) is 30.2. The second kappa shape index (κ2) is 9.86. The number of nitrogens with zero attached hydrogens (tertiary/aromatic N) is 3. The lowest BCUT2D eigenvalue weighted by Crippen LogP contribution is -2.32. The van der Waals surface area contributed by atoms with Crippen LogP contribution in [0.4, 0.5) is 17.1 Å². The molecule has 0 N–H and O–H groups in total. The first-order valence-electron chi connectivity index (χ1n) is 16.6. The lowest BCUT2D eigenvalue weighted by atomic mass is 9.67. The van der Waals surface area contributed by atoms with Crippen LogP contribution in [0.5, 0.6) is 0 Å². The second-order valence-electron chi connectivity index (χ2n) is 13.5. The van der Waals surface area contributed by atoms with Crippen molar-refractivity contribution in [1.29, 1.82) is 0 Å². The lowest BCUT2D eigenvalue weighted by Gasteiger charge is -2.37. The standard InChI is InChI=1S/C43H33N3/c1-2-7-29(8-3-1)30-15-18-34(19-16-30)46(36-24-32-14-13-31-9-6-22-44-41(31)42(32)45-27-36)35-20-21-38-37-10-4-5-11-39(37)43(40(38)25-35)26-28-12-17-33(43)23-28/h1-11,13-16,18-22,24-25,27-28,33H,12,17,23,26H2/t28-,33+,43+/m0/s1. The Labute approximate surface area is 269 Å². The van der Waals surface area contributed by atoms with E-state index in [-0.39, 0.29) is 5.41 Å². The Kier molecular flexibility index (Phi) is 5.57. The fourth-order valence-corrected chi connectivity index (χ4v) is 9.24. The number of benzene rings is 5. The van der Waals surface area contributed by atoms with Gasteiger partial charge in [-0.25, -0.2) is 0 Å². The van der Waals surface area contributed by atoms with Crippen LogP contribution in [0.2, 0.25) is 0 Å². The van der Waals surface area contributed by atoms with Gasteiger partial charge in [-0.1, -0.05) is 97.4 Å². The molecule has 3 atom stereocenters. The average molecular weight is 592 g/mol. The minimum Gasteiger partial charge on any atom is -0.309 e. The quantitative estimate of drug-likeness (QED) is 0.191. The number of hydrogen-bond donors (Lipinski definition) is 0. The first-order chi connectivity index (χ1) is 22.8. The van der Waals surface area contributed by atoms with Gasteiger partial charge in [0.1, 0.15) is 0 Å². The van der Waals surface area contributed by atoms with Crippen molar-refractivity contribution in [1.82, 2.24) is 9.97 Å². The van der Waals surface area contributed by atoms with Crippen LogP contribution in [-0.4, -0.2) is 9.97 Å². The molecule has 0 aliphatic heterocycles. The van der Waals surface area contributed by atoms with Crippen molar-refractivity contribution < 1.29 is 0 Å². The van der Waals surface area contributed by atoms with E-state index in [9.17, 15) is 0 Å². The number of rotatable bonds is 4. The molecule has 3 nitrogen and oxygen atoms in total. The van der Waals surface area contributed by atoms with Crippen molar-refractivity contribution in [2.24, 2.45) is 11.8 Å². The van der Waals surface area contributed by atoms with Crippen molar-refractivity contribution in [2.45, 2.75) is 31.1 Å². The van der Waals surface area contributed by atoms with Crippen molar-refractivity contribution in [3.05, 3.63) is 151 Å². The van der Waals surface area contributed by atoms with Crippen LogP contribution in [0.25, 0.3) is 44.1 Å². The van der Waals surface area contributed by atoms with Gasteiger partial charge in [-0.2, -0.15) is 0 Å². The Hall–Kier alpha value is -5.28. The summed E-state index contributed by atoms with van der Waals surface area (Å²) >= 11 is 0. The highest BCUT2D eigenvalue weighted by atomic mass is 15.1. The summed E-state index contributed by atoms with van der Waals surface area (Å²) in [6, 6.07) is 46.8. The van der Waals surface area contributed by atoms with E-state index >= 15 is 0 Å². The van der Waals surface area contributed by atoms with Gasteiger partial charge in [0, 0.05) is 33.8 Å². The van der Waals surface area contributed by atoms with Crippen LogP contribution >= 0.6 is 0 Å². The van der Waals surface area contributed by atoms with E-state index < -0.39 is 0 Å². The maximum absolute atomic E-state index is 5.05. The molecule has 0 amide bonds. The molecule has 0 saturated heterocycles. The first-order valence-corrected chi connectivity index (χ1v) is 16.6. The molecule has 2 bridgehead atoms. The van der Waals surface area contributed by atoms with Gasteiger partial charge in [0.2, 0.25) is 0 Å². The molecule has 5 aromatic carbocycles. The third kappa shape index (κ3) is 3.72. The zero-order valence-corrected chi connectivity index (χ0v) is 25.6. The molecule has 3 aliphatic carbocycles. The number of fused-ring (bicyclic) bond motifs is 11. The fourth-order valence-electron chi connectivity index (χ4n) is 9.24. The highest BCUT2D eigenvalue weighted by Gasteiger charge is 2.56. The third-order valence-electron chi connectivity index (χ3n) is 11.2. The maximum atomic E-state index is 5.05. The molecule has 2 aromatic heterocycles. The van der Waals surface area contributed by atoms with Gasteiger partial charge in [-0.3, -0.25) is 9.97 Å². The molecule has 0 radical (unpaired) electrons. The van der Waals surface area contributed by atoms with E-state index in [2.05, 4.69) is 131 Å². The summed E-state index contributed by atoms with van der Waals surface area (Å²) in [6.07, 6.45) is 9.23. The van der Waals surface area contributed by atoms with Gasteiger partial charge >= 0.3 is 0 Å². The van der Waals surface area contributed by atoms with Gasteiger partial charge in [0.25, 0.3) is 0 Å². The normalized spacial score (nSPS) is 20.8. The van der Waals surface area contributed by atoms with Crippen molar-refractivity contribution in [3.63, 3.8) is 0 Å². The molecule has 1 spiro atoms. The fraction of sp³-hybridized carbons (Fsp3) is 0.163. The summed E-state index contributed by atoms with van der Waals surface area (Å²) in [5.74, 6) is 1.55. The zero-order valence-electron chi connectivity index (χ0n) is 25.6. The number of aromatic nitrogens is 2. The molecule has 220 valence electrons. The third-order valence-corrected chi connectivity index (χ3v) is 11.2. The molecule has 2 fully saturated rings. The average Bonchev–Trinajstić information content (AvgIpc) is 3.82. The molecule has 2 heterocycles. The molecule has 3 aliphatic rings. The van der Waals surface area contributed by atoms with E-state index in [4.69, 9.17) is 4.98 Å². The number of hydrogen-bond acceptors (Lipinski definition) is 3. The molecule has 7 aromatic rings. The van der Waals surface area contributed by atoms with Crippen LogP contribution < -0.4 is 4.90 Å². The van der Waals surface area contributed by atoms with E-state index in [1.165, 1.54) is 59.2 Å². The van der Waals surface area contributed by atoms with Crippen molar-refractivity contribution in [3.8, 4) is 22.3 Å². The monoisotopic (exact) mass is 591 g/mol. The summed E-state index contributed by atoms with van der Waals surface area (Å²) in [4.78, 5) is 12.1. The molecule has 2 saturated carbocycles. The Morgan fingerprint density at radius 1 is 0.565 bits per heavy atom. The van der Waals surface area contributed by atoms with Crippen molar-refractivity contribution >= 4 is 38.9 Å².